The topological polar surface area (TPSA) is 74.6 Å². The van der Waals surface area contributed by atoms with Gasteiger partial charge in [0.25, 0.3) is 0 Å². The molecule has 0 aliphatic rings. The average molecular weight is 390 g/mol. The van der Waals surface area contributed by atoms with Crippen molar-refractivity contribution < 1.29 is 19.8 Å². The average Bonchev–Trinajstić information content (AvgIpc) is 1.99. The van der Waals surface area contributed by atoms with Gasteiger partial charge in [-0.1, -0.05) is 0 Å². The van der Waals surface area contributed by atoms with Crippen LogP contribution in [0.5, 0.6) is 0 Å². The third kappa shape index (κ3) is 49.5. The first kappa shape index (κ1) is 22.0. The molecule has 7 heteroatoms. The second-order valence-electron chi connectivity index (χ2n) is 2.86. The quantitative estimate of drug-likeness (QED) is 0.432. The van der Waals surface area contributed by atoms with E-state index in [4.69, 9.17) is 28.1 Å². The van der Waals surface area contributed by atoms with Crippen LogP contribution in [-0.2, 0) is 9.59 Å². The number of hydrogen-bond acceptors (Lipinski definition) is 4. The Morgan fingerprint density at radius 1 is 0.882 bits per heavy atom. The minimum absolute atomic E-state index is 0.0625. The van der Waals surface area contributed by atoms with Crippen LogP contribution >= 0.6 is 17.8 Å². The molecule has 98 valence electrons. The Kier molecular flexibility index (Phi) is 20.5. The second kappa shape index (κ2) is 15.8. The molecule has 0 aliphatic carbocycles. The standard InChI is InChI=1S/2C5H8O2.2ClH.Sn/c2*1-4(6)3-5(2)7;;;/h2*3,6H,1-2H3;2*1H;/q;;;;+2/p-2. The van der Waals surface area contributed by atoms with Gasteiger partial charge >= 0.3 is 36.7 Å². The fourth-order valence-electron chi connectivity index (χ4n) is 0.588. The van der Waals surface area contributed by atoms with Gasteiger partial charge in [0.2, 0.25) is 0 Å². The fourth-order valence-corrected chi connectivity index (χ4v) is 0.588. The zero-order valence-corrected chi connectivity index (χ0v) is 14.5. The Bertz CT molecular complexity index is 252. The van der Waals surface area contributed by atoms with Gasteiger partial charge in [-0.25, -0.2) is 0 Å². The van der Waals surface area contributed by atoms with Crippen molar-refractivity contribution in [2.24, 2.45) is 0 Å². The number of halogens is 2. The molecule has 2 N–H and O–H groups in total. The van der Waals surface area contributed by atoms with E-state index in [1.54, 1.807) is 0 Å². The molecule has 0 unspecified atom stereocenters. The number of rotatable bonds is 2. The minimum atomic E-state index is -0.826. The summed E-state index contributed by atoms with van der Waals surface area (Å²) in [4.78, 5) is 20.0. The Morgan fingerprint density at radius 2 is 1.06 bits per heavy atom. The maximum atomic E-state index is 10.0. The summed E-state index contributed by atoms with van der Waals surface area (Å²) in [5.41, 5.74) is 0. The van der Waals surface area contributed by atoms with Gasteiger partial charge < -0.3 is 10.2 Å². The van der Waals surface area contributed by atoms with Gasteiger partial charge in [0, 0.05) is 12.2 Å². The molecule has 0 heterocycles. The molecule has 0 saturated heterocycles. The molecular weight excluding hydrogens is 374 g/mol. The number of carbonyl (C=O) groups excluding carboxylic acids is 2. The summed E-state index contributed by atoms with van der Waals surface area (Å²) in [6, 6.07) is 0. The molecule has 0 amide bonds. The molecule has 0 aromatic rings. The van der Waals surface area contributed by atoms with Crippen LogP contribution in [0.2, 0.25) is 0 Å². The van der Waals surface area contributed by atoms with Crippen LogP contribution in [0.15, 0.2) is 23.7 Å². The Morgan fingerprint density at radius 3 is 1.06 bits per heavy atom. The summed E-state index contributed by atoms with van der Waals surface area (Å²) in [6.07, 6.45) is 2.33. The maximum absolute atomic E-state index is 10.0. The third-order valence-corrected chi connectivity index (χ3v) is 0.824. The van der Waals surface area contributed by atoms with Crippen LogP contribution in [0.4, 0.5) is 0 Å². The Hall–Kier alpha value is -0.201. The molecule has 0 spiro atoms. The second-order valence-corrected chi connectivity index (χ2v) is 7.11. The van der Waals surface area contributed by atoms with Crippen LogP contribution in [0.1, 0.15) is 27.7 Å². The molecule has 4 nitrogen and oxygen atoms in total. The molecular formula is C10H16Cl2O4Sn. The van der Waals surface area contributed by atoms with Gasteiger partial charge in [0.05, 0.1) is 11.5 Å². The summed E-state index contributed by atoms with van der Waals surface area (Å²) in [7, 11) is 9.87. The van der Waals surface area contributed by atoms with Gasteiger partial charge in [-0.05, 0) is 27.7 Å². The van der Waals surface area contributed by atoms with Crippen molar-refractivity contribution in [1.29, 1.82) is 0 Å². The number of carbonyl (C=O) groups is 2. The van der Waals surface area contributed by atoms with Gasteiger partial charge in [-0.15, -0.1) is 0 Å². The molecule has 0 rings (SSSR count). The molecule has 2 radical (unpaired) electrons. The normalized spacial score (nSPS) is 10.5. The van der Waals surface area contributed by atoms with Crippen molar-refractivity contribution in [2.45, 2.75) is 27.7 Å². The zero-order chi connectivity index (χ0) is 14.4. The Balaban J connectivity index is -0.000000188. The third-order valence-electron chi connectivity index (χ3n) is 0.824. The van der Waals surface area contributed by atoms with Crippen molar-refractivity contribution in [3.05, 3.63) is 23.7 Å². The van der Waals surface area contributed by atoms with E-state index in [1.165, 1.54) is 39.8 Å². The summed E-state index contributed by atoms with van der Waals surface area (Å²) in [5, 5.41) is 16.7. The van der Waals surface area contributed by atoms with Crippen LogP contribution < -0.4 is 0 Å². The Labute approximate surface area is 119 Å². The molecule has 0 saturated carbocycles. The SMILES string of the molecule is CC(=O)C=C(C)O.CC(=O)C=C(C)O.[Cl][Sn][Cl]. The summed E-state index contributed by atoms with van der Waals surface area (Å²) >= 11 is -0.826. The fraction of sp³-hybridized carbons (Fsp3) is 0.400. The monoisotopic (exact) mass is 390 g/mol. The van der Waals surface area contributed by atoms with Crippen molar-refractivity contribution in [1.82, 2.24) is 0 Å². The molecule has 0 atom stereocenters. The van der Waals surface area contributed by atoms with E-state index in [0.29, 0.717) is 0 Å². The molecule has 0 aliphatic heterocycles. The molecule has 17 heavy (non-hydrogen) atoms. The van der Waals surface area contributed by atoms with Gasteiger partial charge in [-0.3, -0.25) is 9.59 Å². The van der Waals surface area contributed by atoms with E-state index in [1.807, 2.05) is 0 Å². The molecule has 0 fully saturated rings. The van der Waals surface area contributed by atoms with Crippen LogP contribution in [0.25, 0.3) is 0 Å². The van der Waals surface area contributed by atoms with E-state index in [2.05, 4.69) is 0 Å². The van der Waals surface area contributed by atoms with Gasteiger partial charge in [-0.2, -0.15) is 0 Å². The van der Waals surface area contributed by atoms with Crippen molar-refractivity contribution in [2.75, 3.05) is 0 Å². The van der Waals surface area contributed by atoms with Crippen molar-refractivity contribution >= 4 is 48.3 Å². The van der Waals surface area contributed by atoms with Crippen molar-refractivity contribution in [3.63, 3.8) is 0 Å². The number of aliphatic hydroxyl groups is 2. The van der Waals surface area contributed by atoms with Crippen LogP contribution in [0.3, 0.4) is 0 Å². The molecule has 0 aromatic heterocycles. The summed E-state index contributed by atoms with van der Waals surface area (Å²) in [6.45, 7) is 5.70. The zero-order valence-electron chi connectivity index (χ0n) is 10.1. The predicted molar refractivity (Wildman–Crippen MR) is 71.6 cm³/mol. The predicted octanol–water partition coefficient (Wildman–Crippen LogP) is 3.07. The summed E-state index contributed by atoms with van der Waals surface area (Å²) < 4.78 is 0. The number of hydrogen-bond donors (Lipinski definition) is 2. The van der Waals surface area contributed by atoms with E-state index in [0.717, 1.165) is 0 Å². The number of aliphatic hydroxyl groups excluding tert-OH is 2. The number of ketones is 2. The molecule has 0 bridgehead atoms. The first-order valence-electron chi connectivity index (χ1n) is 4.39. The van der Waals surface area contributed by atoms with Crippen LogP contribution in [-0.4, -0.2) is 40.7 Å². The van der Waals surface area contributed by atoms with Crippen molar-refractivity contribution in [3.8, 4) is 0 Å². The first-order valence-corrected chi connectivity index (χ1v) is 11.6. The van der Waals surface area contributed by atoms with Gasteiger partial charge in [0.1, 0.15) is 0 Å². The van der Waals surface area contributed by atoms with E-state index in [-0.39, 0.29) is 23.1 Å². The van der Waals surface area contributed by atoms with E-state index >= 15 is 0 Å². The first-order chi connectivity index (χ1) is 7.67. The molecule has 0 aromatic carbocycles. The van der Waals surface area contributed by atoms with E-state index < -0.39 is 18.9 Å². The number of allylic oxidation sites excluding steroid dienone is 4. The van der Waals surface area contributed by atoms with Crippen LogP contribution in [0, 0.1) is 0 Å². The van der Waals surface area contributed by atoms with E-state index in [9.17, 15) is 9.59 Å². The van der Waals surface area contributed by atoms with Gasteiger partial charge in [0.15, 0.2) is 11.6 Å². The summed E-state index contributed by atoms with van der Waals surface area (Å²) in [5.74, 6) is -0.125.